The minimum atomic E-state index is -2.61. The molecule has 0 aromatic rings. The number of nitrogens with zero attached hydrogens (tertiary/aromatic N) is 1. The van der Waals surface area contributed by atoms with Gasteiger partial charge in [0, 0.05) is 32.6 Å². The maximum atomic E-state index is 13.0. The zero-order valence-corrected chi connectivity index (χ0v) is 8.48. The van der Waals surface area contributed by atoms with Gasteiger partial charge in [-0.05, 0) is 13.8 Å². The van der Waals surface area contributed by atoms with E-state index in [2.05, 4.69) is 5.32 Å². The van der Waals surface area contributed by atoms with Crippen LogP contribution >= 0.6 is 0 Å². The largest absolute Gasteiger partial charge is 0.314 e. The molecule has 78 valence electrons. The summed E-state index contributed by atoms with van der Waals surface area (Å²) in [6.45, 7) is 6.90. The minimum Gasteiger partial charge on any atom is -0.314 e. The van der Waals surface area contributed by atoms with E-state index >= 15 is 0 Å². The predicted octanol–water partition coefficient (Wildman–Crippen LogP) is 1.32. The summed E-state index contributed by atoms with van der Waals surface area (Å²) >= 11 is 0. The van der Waals surface area contributed by atoms with E-state index in [1.165, 1.54) is 0 Å². The number of alkyl halides is 2. The molecule has 1 fully saturated rings. The van der Waals surface area contributed by atoms with Gasteiger partial charge < -0.3 is 5.32 Å². The van der Waals surface area contributed by atoms with Crippen LogP contribution in [0.2, 0.25) is 0 Å². The second-order valence-electron chi connectivity index (χ2n) is 3.92. The highest BCUT2D eigenvalue weighted by Gasteiger charge is 2.37. The highest BCUT2D eigenvalue weighted by Crippen LogP contribution is 2.24. The average Bonchev–Trinajstić information content (AvgIpc) is 2.02. The molecule has 1 heterocycles. The van der Waals surface area contributed by atoms with Gasteiger partial charge in [-0.1, -0.05) is 0 Å². The molecule has 0 bridgehead atoms. The highest BCUT2D eigenvalue weighted by atomic mass is 19.3. The van der Waals surface area contributed by atoms with Crippen LogP contribution in [-0.4, -0.2) is 42.5 Å². The molecule has 0 aromatic heterocycles. The standard InChI is InChI=1S/C9H18F2N2/c1-7-6-12-4-5-13(7)8(2)9(3,10)11/h7-8,12H,4-6H2,1-3H3. The third-order valence-electron chi connectivity index (χ3n) is 2.78. The Bertz CT molecular complexity index is 167. The van der Waals surface area contributed by atoms with Crippen molar-refractivity contribution in [3.8, 4) is 0 Å². The van der Waals surface area contributed by atoms with Crippen molar-refractivity contribution < 1.29 is 8.78 Å². The number of nitrogens with one attached hydrogen (secondary N) is 1. The van der Waals surface area contributed by atoms with E-state index in [4.69, 9.17) is 0 Å². The van der Waals surface area contributed by atoms with Crippen molar-refractivity contribution in [3.05, 3.63) is 0 Å². The van der Waals surface area contributed by atoms with Crippen molar-refractivity contribution in [2.45, 2.75) is 38.8 Å². The van der Waals surface area contributed by atoms with Gasteiger partial charge in [0.05, 0.1) is 6.04 Å². The number of halogens is 2. The summed E-state index contributed by atoms with van der Waals surface area (Å²) < 4.78 is 26.0. The van der Waals surface area contributed by atoms with Gasteiger partial charge in [0.1, 0.15) is 0 Å². The summed E-state index contributed by atoms with van der Waals surface area (Å²) in [5, 5.41) is 3.18. The zero-order valence-electron chi connectivity index (χ0n) is 8.48. The monoisotopic (exact) mass is 192 g/mol. The van der Waals surface area contributed by atoms with E-state index < -0.39 is 12.0 Å². The summed E-state index contributed by atoms with van der Waals surface area (Å²) in [5.74, 6) is -2.61. The van der Waals surface area contributed by atoms with E-state index in [-0.39, 0.29) is 6.04 Å². The van der Waals surface area contributed by atoms with Gasteiger partial charge in [-0.15, -0.1) is 0 Å². The average molecular weight is 192 g/mol. The van der Waals surface area contributed by atoms with Gasteiger partial charge in [-0.2, -0.15) is 0 Å². The number of piperazine rings is 1. The number of hydrogen-bond acceptors (Lipinski definition) is 2. The van der Waals surface area contributed by atoms with Crippen LogP contribution in [0.3, 0.4) is 0 Å². The molecule has 13 heavy (non-hydrogen) atoms. The third-order valence-corrected chi connectivity index (χ3v) is 2.78. The summed E-state index contributed by atoms with van der Waals surface area (Å²) in [4.78, 5) is 1.87. The number of hydrogen-bond donors (Lipinski definition) is 1. The Morgan fingerprint density at radius 1 is 1.54 bits per heavy atom. The lowest BCUT2D eigenvalue weighted by molar-refractivity contribution is -0.0738. The van der Waals surface area contributed by atoms with Gasteiger partial charge >= 0.3 is 0 Å². The normalized spacial score (nSPS) is 28.8. The first-order valence-corrected chi connectivity index (χ1v) is 4.77. The molecule has 2 atom stereocenters. The van der Waals surface area contributed by atoms with Crippen molar-refractivity contribution in [1.82, 2.24) is 10.2 Å². The molecule has 1 saturated heterocycles. The van der Waals surface area contributed by atoms with Crippen LogP contribution in [0.25, 0.3) is 0 Å². The molecule has 2 unspecified atom stereocenters. The van der Waals surface area contributed by atoms with E-state index in [9.17, 15) is 8.78 Å². The first-order valence-electron chi connectivity index (χ1n) is 4.77. The SMILES string of the molecule is CC1CNCCN1C(C)C(C)(F)F. The van der Waals surface area contributed by atoms with Crippen LogP contribution in [0, 0.1) is 0 Å². The summed E-state index contributed by atoms with van der Waals surface area (Å²) in [6, 6.07) is -0.459. The topological polar surface area (TPSA) is 15.3 Å². The maximum Gasteiger partial charge on any atom is 0.260 e. The van der Waals surface area contributed by atoms with Crippen LogP contribution in [0.4, 0.5) is 8.78 Å². The molecule has 0 amide bonds. The van der Waals surface area contributed by atoms with Crippen LogP contribution < -0.4 is 5.32 Å². The van der Waals surface area contributed by atoms with Gasteiger partial charge in [0.25, 0.3) is 5.92 Å². The van der Waals surface area contributed by atoms with Crippen molar-refractivity contribution in [3.63, 3.8) is 0 Å². The van der Waals surface area contributed by atoms with E-state index in [0.717, 1.165) is 20.0 Å². The van der Waals surface area contributed by atoms with Gasteiger partial charge in [-0.25, -0.2) is 8.78 Å². The van der Waals surface area contributed by atoms with Crippen molar-refractivity contribution in [2.24, 2.45) is 0 Å². The summed E-state index contributed by atoms with van der Waals surface area (Å²) in [7, 11) is 0. The Kier molecular flexibility index (Phi) is 3.24. The van der Waals surface area contributed by atoms with E-state index in [1.807, 2.05) is 11.8 Å². The fourth-order valence-corrected chi connectivity index (χ4v) is 1.72. The Morgan fingerprint density at radius 3 is 2.62 bits per heavy atom. The summed E-state index contributed by atoms with van der Waals surface area (Å²) in [5.41, 5.74) is 0. The molecule has 4 heteroatoms. The Labute approximate surface area is 78.3 Å². The molecule has 1 rings (SSSR count). The molecule has 0 aliphatic carbocycles. The second-order valence-corrected chi connectivity index (χ2v) is 3.92. The molecule has 1 aliphatic rings. The maximum absolute atomic E-state index is 13.0. The quantitative estimate of drug-likeness (QED) is 0.710. The first-order chi connectivity index (χ1) is 5.93. The van der Waals surface area contributed by atoms with Gasteiger partial charge in [-0.3, -0.25) is 4.90 Å². The lowest BCUT2D eigenvalue weighted by Gasteiger charge is -2.40. The van der Waals surface area contributed by atoms with Crippen LogP contribution in [0.1, 0.15) is 20.8 Å². The van der Waals surface area contributed by atoms with Gasteiger partial charge in [0.2, 0.25) is 0 Å². The van der Waals surface area contributed by atoms with E-state index in [0.29, 0.717) is 6.54 Å². The molecule has 1 aliphatic heterocycles. The van der Waals surface area contributed by atoms with Crippen LogP contribution in [-0.2, 0) is 0 Å². The smallest absolute Gasteiger partial charge is 0.260 e. The molecule has 2 nitrogen and oxygen atoms in total. The fourth-order valence-electron chi connectivity index (χ4n) is 1.72. The molecular formula is C9H18F2N2. The fraction of sp³-hybridized carbons (Fsp3) is 1.00. The van der Waals surface area contributed by atoms with Crippen LogP contribution in [0.5, 0.6) is 0 Å². The first kappa shape index (κ1) is 10.9. The molecule has 1 N–H and O–H groups in total. The molecular weight excluding hydrogens is 174 g/mol. The lowest BCUT2D eigenvalue weighted by atomic mass is 10.1. The minimum absolute atomic E-state index is 0.203. The van der Waals surface area contributed by atoms with Crippen LogP contribution in [0.15, 0.2) is 0 Å². The molecule has 0 aromatic carbocycles. The van der Waals surface area contributed by atoms with Gasteiger partial charge in [0.15, 0.2) is 0 Å². The summed E-state index contributed by atoms with van der Waals surface area (Å²) in [6.07, 6.45) is 0. The Balaban J connectivity index is 2.58. The molecule has 0 saturated carbocycles. The second kappa shape index (κ2) is 3.88. The molecule has 0 spiro atoms. The zero-order chi connectivity index (χ0) is 10.1. The van der Waals surface area contributed by atoms with Crippen molar-refractivity contribution in [2.75, 3.05) is 19.6 Å². The van der Waals surface area contributed by atoms with Crippen molar-refractivity contribution in [1.29, 1.82) is 0 Å². The highest BCUT2D eigenvalue weighted by molar-refractivity contribution is 4.85. The third kappa shape index (κ3) is 2.61. The number of rotatable bonds is 2. The predicted molar refractivity (Wildman–Crippen MR) is 49.1 cm³/mol. The molecule has 0 radical (unpaired) electrons. The Hall–Kier alpha value is -0.220. The Morgan fingerprint density at radius 2 is 2.15 bits per heavy atom. The van der Waals surface area contributed by atoms with E-state index in [1.54, 1.807) is 6.92 Å². The van der Waals surface area contributed by atoms with Crippen molar-refractivity contribution >= 4 is 0 Å². The lowest BCUT2D eigenvalue weighted by Crippen LogP contribution is -2.57.